The van der Waals surface area contributed by atoms with Crippen LogP contribution in [0, 0.1) is 13.8 Å². The van der Waals surface area contributed by atoms with E-state index in [1.807, 2.05) is 69.3 Å². The maximum absolute atomic E-state index is 13.3. The average molecular weight is 444 g/mol. The zero-order valence-corrected chi connectivity index (χ0v) is 19.3. The number of para-hydroxylation sites is 1. The summed E-state index contributed by atoms with van der Waals surface area (Å²) in [5, 5.41) is 12.8. The van der Waals surface area contributed by atoms with Crippen LogP contribution in [0.3, 0.4) is 0 Å². The summed E-state index contributed by atoms with van der Waals surface area (Å²) in [6.45, 7) is 6.21. The molecule has 7 nitrogen and oxygen atoms in total. The zero-order chi connectivity index (χ0) is 23.4. The standard InChI is InChI=1S/C26H29N5O2/c1-4-22(25(32)27-17-11-14-20-12-7-5-8-13-20)31-26(33)24-23(18(2)28-31)19(3)30(29-24)21-15-9-6-10-16-21/h5-10,12-13,15-16,22H,4,11,14,17H2,1-3H3,(H,27,32)/t22-/m1/s1. The van der Waals surface area contributed by atoms with E-state index in [0.717, 1.165) is 29.6 Å². The average Bonchev–Trinajstić information content (AvgIpc) is 3.19. The molecule has 2 aromatic carbocycles. The predicted octanol–water partition coefficient (Wildman–Crippen LogP) is 3.90. The molecule has 1 atom stereocenters. The molecule has 33 heavy (non-hydrogen) atoms. The molecule has 4 rings (SSSR count). The number of carbonyl (C=O) groups is 1. The van der Waals surface area contributed by atoms with Gasteiger partial charge in [-0.05, 0) is 50.8 Å². The molecular weight excluding hydrogens is 414 g/mol. The quantitative estimate of drug-likeness (QED) is 0.419. The highest BCUT2D eigenvalue weighted by atomic mass is 16.2. The molecule has 0 fully saturated rings. The topological polar surface area (TPSA) is 81.8 Å². The first-order valence-corrected chi connectivity index (χ1v) is 11.4. The number of aryl methyl sites for hydroxylation is 3. The monoisotopic (exact) mass is 443 g/mol. The Bertz CT molecular complexity index is 1310. The van der Waals surface area contributed by atoms with Crippen molar-refractivity contribution >= 4 is 16.8 Å². The maximum Gasteiger partial charge on any atom is 0.295 e. The van der Waals surface area contributed by atoms with Crippen LogP contribution in [0.1, 0.15) is 42.8 Å². The highest BCUT2D eigenvalue weighted by Gasteiger charge is 2.25. The summed E-state index contributed by atoms with van der Waals surface area (Å²) < 4.78 is 3.06. The molecule has 7 heteroatoms. The van der Waals surface area contributed by atoms with Crippen molar-refractivity contribution < 1.29 is 4.79 Å². The molecule has 2 heterocycles. The van der Waals surface area contributed by atoms with E-state index in [-0.39, 0.29) is 11.5 Å². The highest BCUT2D eigenvalue weighted by molar-refractivity contribution is 5.84. The minimum absolute atomic E-state index is 0.196. The number of nitrogens with one attached hydrogen (secondary N) is 1. The third kappa shape index (κ3) is 4.58. The molecular formula is C26H29N5O2. The Morgan fingerprint density at radius 2 is 1.67 bits per heavy atom. The van der Waals surface area contributed by atoms with E-state index in [4.69, 9.17) is 0 Å². The molecule has 1 amide bonds. The Morgan fingerprint density at radius 3 is 2.33 bits per heavy atom. The van der Waals surface area contributed by atoms with Gasteiger partial charge in [0.05, 0.1) is 22.5 Å². The molecule has 4 aromatic rings. The van der Waals surface area contributed by atoms with Gasteiger partial charge in [0.15, 0.2) is 5.52 Å². The first-order valence-electron chi connectivity index (χ1n) is 11.4. The Kier molecular flexibility index (Phi) is 6.68. The number of rotatable bonds is 8. The minimum atomic E-state index is -0.681. The molecule has 1 N–H and O–H groups in total. The van der Waals surface area contributed by atoms with Crippen molar-refractivity contribution in [1.82, 2.24) is 24.9 Å². The van der Waals surface area contributed by atoms with Crippen LogP contribution in [0.5, 0.6) is 0 Å². The second-order valence-corrected chi connectivity index (χ2v) is 8.20. The summed E-state index contributed by atoms with van der Waals surface area (Å²) in [6.07, 6.45) is 2.17. The lowest BCUT2D eigenvalue weighted by atomic mass is 10.1. The SMILES string of the molecule is CC[C@H](C(=O)NCCCc1ccccc1)n1nc(C)c2c(C)n(-c3ccccc3)nc2c1=O. The van der Waals surface area contributed by atoms with Crippen LogP contribution in [0.25, 0.3) is 16.6 Å². The minimum Gasteiger partial charge on any atom is -0.354 e. The first-order chi connectivity index (χ1) is 16.0. The number of carbonyl (C=O) groups excluding carboxylic acids is 1. The van der Waals surface area contributed by atoms with Gasteiger partial charge >= 0.3 is 0 Å². The third-order valence-corrected chi connectivity index (χ3v) is 5.92. The van der Waals surface area contributed by atoms with Crippen molar-refractivity contribution in [3.8, 4) is 5.69 Å². The molecule has 0 aliphatic rings. The van der Waals surface area contributed by atoms with E-state index in [1.54, 1.807) is 4.68 Å². The Balaban J connectivity index is 1.57. The number of hydrogen-bond acceptors (Lipinski definition) is 4. The number of benzene rings is 2. The third-order valence-electron chi connectivity index (χ3n) is 5.92. The highest BCUT2D eigenvalue weighted by Crippen LogP contribution is 2.22. The van der Waals surface area contributed by atoms with Gasteiger partial charge in [0.2, 0.25) is 5.91 Å². The van der Waals surface area contributed by atoms with E-state index in [2.05, 4.69) is 27.6 Å². The summed E-state index contributed by atoms with van der Waals surface area (Å²) in [7, 11) is 0. The Morgan fingerprint density at radius 1 is 1.00 bits per heavy atom. The van der Waals surface area contributed by atoms with Gasteiger partial charge in [0.25, 0.3) is 5.56 Å². The number of hydrogen-bond donors (Lipinski definition) is 1. The molecule has 2 aromatic heterocycles. The van der Waals surface area contributed by atoms with Gasteiger partial charge in [-0.3, -0.25) is 9.59 Å². The molecule has 0 aliphatic heterocycles. The summed E-state index contributed by atoms with van der Waals surface area (Å²) in [5.74, 6) is -0.196. The largest absolute Gasteiger partial charge is 0.354 e. The van der Waals surface area contributed by atoms with Gasteiger partial charge in [-0.1, -0.05) is 55.5 Å². The van der Waals surface area contributed by atoms with Crippen LogP contribution in [0.4, 0.5) is 0 Å². The molecule has 0 radical (unpaired) electrons. The fourth-order valence-electron chi connectivity index (χ4n) is 4.22. The number of nitrogens with zero attached hydrogens (tertiary/aromatic N) is 4. The second kappa shape index (κ2) is 9.81. The van der Waals surface area contributed by atoms with Gasteiger partial charge in [-0.25, -0.2) is 9.36 Å². The van der Waals surface area contributed by atoms with Gasteiger partial charge in [0, 0.05) is 6.54 Å². The van der Waals surface area contributed by atoms with Crippen LogP contribution in [-0.4, -0.2) is 32.0 Å². The molecule has 170 valence electrons. The van der Waals surface area contributed by atoms with E-state index >= 15 is 0 Å². The van der Waals surface area contributed by atoms with Crippen molar-refractivity contribution in [3.63, 3.8) is 0 Å². The van der Waals surface area contributed by atoms with Gasteiger partial charge < -0.3 is 5.32 Å². The molecule has 0 saturated carbocycles. The summed E-state index contributed by atoms with van der Waals surface area (Å²) >= 11 is 0. The maximum atomic E-state index is 13.3. The van der Waals surface area contributed by atoms with E-state index in [0.29, 0.717) is 24.2 Å². The van der Waals surface area contributed by atoms with Crippen LogP contribution < -0.4 is 10.9 Å². The summed E-state index contributed by atoms with van der Waals surface area (Å²) in [4.78, 5) is 26.3. The lowest BCUT2D eigenvalue weighted by Gasteiger charge is -2.17. The van der Waals surface area contributed by atoms with Crippen LogP contribution in [0.15, 0.2) is 65.5 Å². The van der Waals surface area contributed by atoms with Gasteiger partial charge in [0.1, 0.15) is 6.04 Å². The van der Waals surface area contributed by atoms with E-state index in [1.165, 1.54) is 10.2 Å². The van der Waals surface area contributed by atoms with Crippen molar-refractivity contribution in [2.24, 2.45) is 0 Å². The predicted molar refractivity (Wildman–Crippen MR) is 130 cm³/mol. The molecule has 0 aliphatic carbocycles. The van der Waals surface area contributed by atoms with Crippen LogP contribution in [0.2, 0.25) is 0 Å². The number of fused-ring (bicyclic) bond motifs is 1. The van der Waals surface area contributed by atoms with E-state index in [9.17, 15) is 9.59 Å². The Hall–Kier alpha value is -3.74. The summed E-state index contributed by atoms with van der Waals surface area (Å²) in [5.41, 5.74) is 3.63. The van der Waals surface area contributed by atoms with Crippen LogP contribution >= 0.6 is 0 Å². The molecule has 0 spiro atoms. The Labute approximate surface area is 193 Å². The first kappa shape index (κ1) is 22.5. The fourth-order valence-corrected chi connectivity index (χ4v) is 4.22. The van der Waals surface area contributed by atoms with Crippen molar-refractivity contribution in [1.29, 1.82) is 0 Å². The van der Waals surface area contributed by atoms with Crippen molar-refractivity contribution in [2.75, 3.05) is 6.54 Å². The van der Waals surface area contributed by atoms with Gasteiger partial charge in [-0.15, -0.1) is 0 Å². The van der Waals surface area contributed by atoms with Crippen LogP contribution in [-0.2, 0) is 11.2 Å². The molecule has 0 saturated heterocycles. The van der Waals surface area contributed by atoms with E-state index < -0.39 is 6.04 Å². The number of aromatic nitrogens is 4. The normalized spacial score (nSPS) is 12.1. The second-order valence-electron chi connectivity index (χ2n) is 8.20. The fraction of sp³-hybridized carbons (Fsp3) is 0.308. The number of amides is 1. The summed E-state index contributed by atoms with van der Waals surface area (Å²) in [6, 6.07) is 19.2. The molecule has 0 unspecified atom stereocenters. The van der Waals surface area contributed by atoms with Crippen molar-refractivity contribution in [2.45, 2.75) is 46.1 Å². The van der Waals surface area contributed by atoms with Crippen molar-refractivity contribution in [3.05, 3.63) is 88.0 Å². The lowest BCUT2D eigenvalue weighted by molar-refractivity contribution is -0.124. The lowest BCUT2D eigenvalue weighted by Crippen LogP contribution is -2.39. The smallest absolute Gasteiger partial charge is 0.295 e. The molecule has 0 bridgehead atoms. The van der Waals surface area contributed by atoms with Gasteiger partial charge in [-0.2, -0.15) is 10.2 Å². The zero-order valence-electron chi connectivity index (χ0n) is 19.3.